The lowest BCUT2D eigenvalue weighted by molar-refractivity contribution is -0.165. The van der Waals surface area contributed by atoms with E-state index in [0.29, 0.717) is 66.1 Å². The highest BCUT2D eigenvalue weighted by Crippen LogP contribution is 2.51. The van der Waals surface area contributed by atoms with E-state index < -0.39 is 29.7 Å². The third-order valence-electron chi connectivity index (χ3n) is 8.13. The van der Waals surface area contributed by atoms with Crippen molar-refractivity contribution in [2.24, 2.45) is 17.8 Å². The van der Waals surface area contributed by atoms with E-state index in [9.17, 15) is 19.5 Å². The van der Waals surface area contributed by atoms with Crippen LogP contribution in [0.25, 0.3) is 0 Å². The van der Waals surface area contributed by atoms with Gasteiger partial charge in [0.25, 0.3) is 5.91 Å². The van der Waals surface area contributed by atoms with Crippen molar-refractivity contribution >= 4 is 35.1 Å². The molecule has 4 unspecified atom stereocenters. The summed E-state index contributed by atoms with van der Waals surface area (Å²) in [5.74, 6) is -1.37. The first-order valence-electron chi connectivity index (χ1n) is 13.3. The molecular weight excluding hydrogens is 550 g/mol. The van der Waals surface area contributed by atoms with E-state index in [1.54, 1.807) is 6.07 Å². The van der Waals surface area contributed by atoms with Crippen molar-refractivity contribution < 1.29 is 49.4 Å². The van der Waals surface area contributed by atoms with Crippen LogP contribution >= 0.6 is 11.6 Å². The summed E-state index contributed by atoms with van der Waals surface area (Å²) < 4.78 is 11.1. The molecule has 8 N–H and O–H groups in total. The number of hydrogen-bond acceptors (Lipinski definition) is 10. The second-order valence-electron chi connectivity index (χ2n) is 10.9. The highest BCUT2D eigenvalue weighted by molar-refractivity contribution is 6.33. The van der Waals surface area contributed by atoms with Crippen LogP contribution in [0.3, 0.4) is 0 Å². The summed E-state index contributed by atoms with van der Waals surface area (Å²) in [6.07, 6.45) is -1.44. The maximum Gasteiger partial charge on any atom is 0.335 e. The molecule has 222 valence electrons. The molecule has 5 rings (SSSR count). The Balaban J connectivity index is 0.000000318. The van der Waals surface area contributed by atoms with Crippen molar-refractivity contribution in [3.05, 3.63) is 22.2 Å². The molecule has 3 heterocycles. The van der Waals surface area contributed by atoms with Crippen LogP contribution in [-0.4, -0.2) is 112 Å². The summed E-state index contributed by atoms with van der Waals surface area (Å²) >= 11 is 6.26. The molecule has 0 radical (unpaired) electrons. The zero-order valence-electron chi connectivity index (χ0n) is 21.9. The number of aliphatic carboxylic acids is 2. The number of aliphatic hydroxyl groups is 3. The number of benzene rings is 1. The zero-order valence-corrected chi connectivity index (χ0v) is 22.7. The van der Waals surface area contributed by atoms with Crippen LogP contribution in [0.4, 0.5) is 5.69 Å². The van der Waals surface area contributed by atoms with Gasteiger partial charge in [0.2, 0.25) is 0 Å². The highest BCUT2D eigenvalue weighted by Gasteiger charge is 2.56. The third-order valence-corrected chi connectivity index (χ3v) is 8.44. The number of piperidine rings is 1. The number of hydrogen-bond donors (Lipinski definition) is 7. The minimum absolute atomic E-state index is 0.145. The number of carbonyl (C=O) groups is 3. The summed E-state index contributed by atoms with van der Waals surface area (Å²) in [6.45, 7) is 5.28. The van der Waals surface area contributed by atoms with E-state index >= 15 is 0 Å². The SMILES string of the molecule is Nc1c(Cl)cc(C(=O)NCC2C3CN(CC4(O)CCOCC4)CC23)c2c1CCCO2.O=C(O)C(O)C(O)C(=O)O. The van der Waals surface area contributed by atoms with E-state index in [-0.39, 0.29) is 5.91 Å². The average Bonchev–Trinajstić information content (AvgIpc) is 3.39. The minimum atomic E-state index is -2.27. The third kappa shape index (κ3) is 6.78. The summed E-state index contributed by atoms with van der Waals surface area (Å²) in [7, 11) is 0. The summed E-state index contributed by atoms with van der Waals surface area (Å²) in [6, 6.07) is 1.63. The number of amides is 1. The molecule has 14 heteroatoms. The first-order valence-corrected chi connectivity index (χ1v) is 13.7. The second-order valence-corrected chi connectivity index (χ2v) is 11.3. The number of ether oxygens (including phenoxy) is 2. The molecule has 3 aliphatic heterocycles. The number of carbonyl (C=O) groups excluding carboxylic acids is 1. The van der Waals surface area contributed by atoms with Gasteiger partial charge in [-0.05, 0) is 36.7 Å². The molecule has 0 aromatic heterocycles. The van der Waals surface area contributed by atoms with Crippen LogP contribution in [0.2, 0.25) is 5.02 Å². The standard InChI is InChI=1S/C22H30ClN3O4.C4H6O6/c23-18-8-14(20-13(19(18)24)2-1-5-30-20)21(27)25-9-15-16-10-26(11-17(15)16)12-22(28)3-6-29-7-4-22;5-1(3(7)8)2(6)4(9)10/h8,15-17,28H,1-7,9-12,24H2,(H,25,27);1-2,5-6H,(H,7,8)(H,9,10). The maximum atomic E-state index is 12.9. The van der Waals surface area contributed by atoms with Crippen LogP contribution in [-0.2, 0) is 20.7 Å². The number of fused-ring (bicyclic) bond motifs is 2. The number of carboxylic acids is 2. The largest absolute Gasteiger partial charge is 0.492 e. The zero-order chi connectivity index (χ0) is 29.2. The van der Waals surface area contributed by atoms with Gasteiger partial charge in [-0.1, -0.05) is 11.6 Å². The predicted octanol–water partition coefficient (Wildman–Crippen LogP) is -0.426. The fourth-order valence-corrected chi connectivity index (χ4v) is 6.00. The molecule has 1 aromatic carbocycles. The van der Waals surface area contributed by atoms with Gasteiger partial charge in [-0.2, -0.15) is 0 Å². The van der Waals surface area contributed by atoms with Gasteiger partial charge in [0.05, 0.1) is 28.5 Å². The topological polar surface area (TPSA) is 212 Å². The van der Waals surface area contributed by atoms with E-state index in [4.69, 9.17) is 47.2 Å². The van der Waals surface area contributed by atoms with Crippen LogP contribution < -0.4 is 15.8 Å². The normalized spacial score (nSPS) is 26.1. The van der Waals surface area contributed by atoms with Gasteiger partial charge in [-0.3, -0.25) is 9.69 Å². The molecule has 3 fully saturated rings. The van der Waals surface area contributed by atoms with E-state index in [1.807, 2.05) is 0 Å². The lowest BCUT2D eigenvalue weighted by Gasteiger charge is -2.36. The fraction of sp³-hybridized carbons (Fsp3) is 0.654. The molecular formula is C26H36ClN3O10. The van der Waals surface area contributed by atoms with Crippen LogP contribution in [0, 0.1) is 17.8 Å². The Kier molecular flexibility index (Phi) is 9.43. The van der Waals surface area contributed by atoms with Crippen molar-refractivity contribution in [3.63, 3.8) is 0 Å². The molecule has 0 spiro atoms. The molecule has 1 aliphatic carbocycles. The Hall–Kier alpha value is -2.68. The van der Waals surface area contributed by atoms with Gasteiger partial charge in [0.15, 0.2) is 12.2 Å². The van der Waals surface area contributed by atoms with Crippen molar-refractivity contribution in [2.75, 3.05) is 51.7 Å². The number of nitrogens with two attached hydrogens (primary N) is 1. The number of halogens is 1. The lowest BCUT2D eigenvalue weighted by Crippen LogP contribution is -2.47. The molecule has 4 aliphatic rings. The minimum Gasteiger partial charge on any atom is -0.492 e. The molecule has 0 bridgehead atoms. The number of aliphatic hydroxyl groups excluding tert-OH is 2. The van der Waals surface area contributed by atoms with E-state index in [2.05, 4.69) is 10.2 Å². The quantitative estimate of drug-likeness (QED) is 0.194. The van der Waals surface area contributed by atoms with Crippen molar-refractivity contribution in [1.29, 1.82) is 0 Å². The summed E-state index contributed by atoms with van der Waals surface area (Å²) in [5, 5.41) is 46.8. The van der Waals surface area contributed by atoms with Gasteiger partial charge in [-0.25, -0.2) is 9.59 Å². The summed E-state index contributed by atoms with van der Waals surface area (Å²) in [4.78, 5) is 34.8. The Morgan fingerprint density at radius 3 is 2.27 bits per heavy atom. The van der Waals surface area contributed by atoms with Crippen molar-refractivity contribution in [2.45, 2.75) is 43.5 Å². The smallest absolute Gasteiger partial charge is 0.335 e. The van der Waals surface area contributed by atoms with Gasteiger partial charge in [0, 0.05) is 57.8 Å². The monoisotopic (exact) mass is 585 g/mol. The Morgan fingerprint density at radius 1 is 1.10 bits per heavy atom. The number of nitrogens with zero attached hydrogens (tertiary/aromatic N) is 1. The number of nitrogens with one attached hydrogen (secondary N) is 1. The number of carboxylic acid groups (broad SMARTS) is 2. The van der Waals surface area contributed by atoms with Gasteiger partial charge in [-0.15, -0.1) is 0 Å². The molecule has 1 amide bonds. The Morgan fingerprint density at radius 2 is 1.70 bits per heavy atom. The lowest BCUT2D eigenvalue weighted by atomic mass is 9.93. The first kappa shape index (κ1) is 30.3. The van der Waals surface area contributed by atoms with Gasteiger partial charge in [0.1, 0.15) is 5.75 Å². The molecule has 40 heavy (non-hydrogen) atoms. The summed E-state index contributed by atoms with van der Waals surface area (Å²) in [5.41, 5.74) is 7.33. The highest BCUT2D eigenvalue weighted by atomic mass is 35.5. The molecule has 1 aromatic rings. The Labute approximate surface area is 235 Å². The molecule has 13 nitrogen and oxygen atoms in total. The number of likely N-dealkylation sites (tertiary alicyclic amines) is 1. The van der Waals surface area contributed by atoms with Crippen LogP contribution in [0.15, 0.2) is 6.07 Å². The van der Waals surface area contributed by atoms with E-state index in [0.717, 1.165) is 50.9 Å². The number of β-amino-alcohol motifs (C(OH)–C–C–N with tert-alkyl or cyclic N) is 1. The van der Waals surface area contributed by atoms with Gasteiger partial charge < -0.3 is 46.1 Å². The molecule has 2 saturated heterocycles. The number of anilines is 1. The predicted molar refractivity (Wildman–Crippen MR) is 141 cm³/mol. The van der Waals surface area contributed by atoms with Crippen molar-refractivity contribution in [1.82, 2.24) is 10.2 Å². The maximum absolute atomic E-state index is 12.9. The fourth-order valence-electron chi connectivity index (χ4n) is 5.77. The number of rotatable bonds is 8. The number of nitrogen functional groups attached to an aromatic ring is 1. The molecule has 4 atom stereocenters. The first-order chi connectivity index (χ1) is 18.9. The second kappa shape index (κ2) is 12.5. The van der Waals surface area contributed by atoms with Gasteiger partial charge >= 0.3 is 11.9 Å². The molecule has 1 saturated carbocycles. The van der Waals surface area contributed by atoms with E-state index in [1.165, 1.54) is 0 Å². The Bertz CT molecular complexity index is 1100. The average molecular weight is 586 g/mol. The van der Waals surface area contributed by atoms with Crippen LogP contribution in [0.5, 0.6) is 5.75 Å². The van der Waals surface area contributed by atoms with Crippen LogP contribution in [0.1, 0.15) is 35.2 Å². The van der Waals surface area contributed by atoms with Crippen molar-refractivity contribution in [3.8, 4) is 5.75 Å².